The highest BCUT2D eigenvalue weighted by Crippen LogP contribution is 2.49. The maximum Gasteiger partial charge on any atom is 0.418 e. The second-order valence-corrected chi connectivity index (χ2v) is 12.6. The van der Waals surface area contributed by atoms with Crippen molar-refractivity contribution in [1.82, 2.24) is 30.2 Å². The predicted octanol–water partition coefficient (Wildman–Crippen LogP) is 4.43. The molecule has 0 spiro atoms. The van der Waals surface area contributed by atoms with Gasteiger partial charge in [-0.1, -0.05) is 0 Å². The number of pyridine rings is 2. The summed E-state index contributed by atoms with van der Waals surface area (Å²) >= 11 is 0. The molecule has 0 bridgehead atoms. The fourth-order valence-electron chi connectivity index (χ4n) is 6.16. The molecule has 256 valence electrons. The highest BCUT2D eigenvalue weighted by Gasteiger charge is 2.55. The van der Waals surface area contributed by atoms with Crippen molar-refractivity contribution in [1.29, 1.82) is 0 Å². The molecule has 0 aromatic carbocycles. The lowest BCUT2D eigenvalue weighted by molar-refractivity contribution is -0.201. The molecule has 0 radical (unpaired) electrons. The first kappa shape index (κ1) is 33.2. The minimum absolute atomic E-state index is 0.0456. The van der Waals surface area contributed by atoms with E-state index in [1.54, 1.807) is 6.92 Å². The molecule has 3 aromatic rings. The fourth-order valence-corrected chi connectivity index (χ4v) is 6.16. The van der Waals surface area contributed by atoms with Crippen LogP contribution in [0.4, 0.5) is 38.0 Å². The van der Waals surface area contributed by atoms with E-state index < -0.39 is 52.6 Å². The second kappa shape index (κ2) is 12.4. The molecule has 6 rings (SSSR count). The number of ether oxygens (including phenoxy) is 3. The number of aryl methyl sites for hydroxylation is 1. The molecule has 1 saturated heterocycles. The third-order valence-corrected chi connectivity index (χ3v) is 8.94. The van der Waals surface area contributed by atoms with E-state index in [2.05, 4.69) is 30.6 Å². The zero-order chi connectivity index (χ0) is 33.7. The Balaban J connectivity index is 1.40. The van der Waals surface area contributed by atoms with Crippen LogP contribution in [-0.2, 0) is 10.9 Å². The van der Waals surface area contributed by atoms with Gasteiger partial charge in [0.2, 0.25) is 5.88 Å². The molecule has 11 nitrogen and oxygen atoms in total. The molecule has 4 N–H and O–H groups in total. The van der Waals surface area contributed by atoms with E-state index in [4.69, 9.17) is 19.9 Å². The van der Waals surface area contributed by atoms with Crippen molar-refractivity contribution in [3.63, 3.8) is 0 Å². The van der Waals surface area contributed by atoms with E-state index in [9.17, 15) is 22.0 Å². The SMILES string of the molecule is COC1(C(F)F)CN(CC2(COc3nc4c5c(nc(-c6cc(N)nc(C)c6C(F)(F)F)c(F)c5n3)OC(C)CCNCCN4)CC2)C1. The average Bonchev–Trinajstić information content (AvgIpc) is 3.75. The number of halogens is 6. The molecule has 2 aliphatic heterocycles. The normalized spacial score (nSPS) is 21.0. The smallest absolute Gasteiger partial charge is 0.418 e. The van der Waals surface area contributed by atoms with Crippen molar-refractivity contribution >= 4 is 22.5 Å². The number of hydrogen-bond donors (Lipinski definition) is 3. The maximum absolute atomic E-state index is 16.6. The number of alkyl halides is 5. The number of anilines is 2. The fraction of sp³-hybridized carbons (Fsp3) is 0.600. The van der Waals surface area contributed by atoms with Crippen molar-refractivity contribution in [2.45, 2.75) is 57.4 Å². The first-order chi connectivity index (χ1) is 22.2. The lowest BCUT2D eigenvalue weighted by atomic mass is 9.92. The molecule has 47 heavy (non-hydrogen) atoms. The summed E-state index contributed by atoms with van der Waals surface area (Å²) in [6.07, 6.45) is -5.90. The zero-order valence-corrected chi connectivity index (χ0v) is 26.1. The number of nitrogens with zero attached hydrogens (tertiary/aromatic N) is 5. The summed E-state index contributed by atoms with van der Waals surface area (Å²) in [5.74, 6) is -1.42. The van der Waals surface area contributed by atoms with E-state index in [-0.39, 0.29) is 59.5 Å². The van der Waals surface area contributed by atoms with Crippen LogP contribution in [0.1, 0.15) is 37.4 Å². The maximum atomic E-state index is 16.6. The molecule has 0 amide bonds. The summed E-state index contributed by atoms with van der Waals surface area (Å²) in [5, 5.41) is 6.43. The molecule has 3 aromatic heterocycles. The number of methoxy groups -OCH3 is 1. The minimum atomic E-state index is -4.90. The quantitative estimate of drug-likeness (QED) is 0.294. The van der Waals surface area contributed by atoms with Crippen molar-refractivity contribution in [3.05, 3.63) is 23.1 Å². The van der Waals surface area contributed by atoms with Gasteiger partial charge in [-0.25, -0.2) is 23.1 Å². The van der Waals surface area contributed by atoms with Gasteiger partial charge in [0.1, 0.15) is 28.2 Å². The van der Waals surface area contributed by atoms with Crippen LogP contribution in [0.2, 0.25) is 0 Å². The molecular formula is C30H36F6N8O3. The van der Waals surface area contributed by atoms with E-state index in [1.165, 1.54) is 7.11 Å². The third kappa shape index (κ3) is 6.56. The Morgan fingerprint density at radius 3 is 2.53 bits per heavy atom. The zero-order valence-electron chi connectivity index (χ0n) is 26.1. The number of nitrogen functional groups attached to an aromatic ring is 1. The molecule has 1 unspecified atom stereocenters. The Morgan fingerprint density at radius 2 is 1.87 bits per heavy atom. The molecule has 1 saturated carbocycles. The number of hydrogen-bond acceptors (Lipinski definition) is 11. The van der Waals surface area contributed by atoms with Crippen LogP contribution >= 0.6 is 0 Å². The van der Waals surface area contributed by atoms with Crippen LogP contribution in [0.15, 0.2) is 6.07 Å². The Labute approximate surface area is 266 Å². The number of aromatic nitrogens is 4. The minimum Gasteiger partial charge on any atom is -0.474 e. The molecule has 17 heteroatoms. The van der Waals surface area contributed by atoms with E-state index in [0.29, 0.717) is 32.6 Å². The van der Waals surface area contributed by atoms with Gasteiger partial charge in [-0.3, -0.25) is 4.90 Å². The lowest BCUT2D eigenvalue weighted by Crippen LogP contribution is -2.67. The van der Waals surface area contributed by atoms with Crippen LogP contribution < -0.4 is 25.8 Å². The Morgan fingerprint density at radius 1 is 1.13 bits per heavy atom. The van der Waals surface area contributed by atoms with Crippen molar-refractivity contribution in [2.24, 2.45) is 5.41 Å². The van der Waals surface area contributed by atoms with Gasteiger partial charge in [0, 0.05) is 50.8 Å². The molecule has 1 atom stereocenters. The van der Waals surface area contributed by atoms with Gasteiger partial charge in [0.15, 0.2) is 11.4 Å². The first-order valence-electron chi connectivity index (χ1n) is 15.3. The van der Waals surface area contributed by atoms with Gasteiger partial charge in [0.25, 0.3) is 6.43 Å². The second-order valence-electron chi connectivity index (χ2n) is 12.6. The van der Waals surface area contributed by atoms with Crippen LogP contribution in [0, 0.1) is 18.2 Å². The lowest BCUT2D eigenvalue weighted by Gasteiger charge is -2.49. The number of rotatable bonds is 8. The Kier molecular flexibility index (Phi) is 8.76. The van der Waals surface area contributed by atoms with Crippen LogP contribution in [-0.4, -0.2) is 96.0 Å². The number of likely N-dealkylation sites (tertiary alicyclic amines) is 1. The van der Waals surface area contributed by atoms with Gasteiger partial charge in [-0.2, -0.15) is 23.1 Å². The monoisotopic (exact) mass is 670 g/mol. The molecule has 5 heterocycles. The van der Waals surface area contributed by atoms with E-state index in [1.807, 2.05) is 4.90 Å². The summed E-state index contributed by atoms with van der Waals surface area (Å²) in [5.41, 5.74) is 0.738. The highest BCUT2D eigenvalue weighted by atomic mass is 19.4. The predicted molar refractivity (Wildman–Crippen MR) is 160 cm³/mol. The molecule has 3 aliphatic rings. The van der Waals surface area contributed by atoms with Crippen LogP contribution in [0.3, 0.4) is 0 Å². The summed E-state index contributed by atoms with van der Waals surface area (Å²) in [4.78, 5) is 18.7. The van der Waals surface area contributed by atoms with Gasteiger partial charge >= 0.3 is 12.2 Å². The van der Waals surface area contributed by atoms with Gasteiger partial charge in [0.05, 0.1) is 24.0 Å². The van der Waals surface area contributed by atoms with Crippen molar-refractivity contribution < 1.29 is 40.6 Å². The highest BCUT2D eigenvalue weighted by molar-refractivity contribution is 5.96. The first-order valence-corrected chi connectivity index (χ1v) is 15.3. The van der Waals surface area contributed by atoms with E-state index in [0.717, 1.165) is 25.8 Å². The summed E-state index contributed by atoms with van der Waals surface area (Å²) in [6, 6.07) is 0.711. The van der Waals surface area contributed by atoms with E-state index >= 15 is 4.39 Å². The van der Waals surface area contributed by atoms with Crippen molar-refractivity contribution in [2.75, 3.05) is 64.0 Å². The molecule has 2 fully saturated rings. The Bertz CT molecular complexity index is 1650. The van der Waals surface area contributed by atoms with Crippen LogP contribution in [0.5, 0.6) is 11.9 Å². The summed E-state index contributed by atoms with van der Waals surface area (Å²) in [7, 11) is 1.27. The largest absolute Gasteiger partial charge is 0.474 e. The summed E-state index contributed by atoms with van der Waals surface area (Å²) in [6.45, 7) is 5.14. The third-order valence-electron chi connectivity index (χ3n) is 8.94. The Hall–Kier alpha value is -3.70. The topological polar surface area (TPSA) is 133 Å². The molecule has 1 aliphatic carbocycles. The van der Waals surface area contributed by atoms with Gasteiger partial charge < -0.3 is 30.6 Å². The number of nitrogens with one attached hydrogen (secondary N) is 2. The van der Waals surface area contributed by atoms with Gasteiger partial charge in [-0.05, 0) is 45.7 Å². The molecular weight excluding hydrogens is 634 g/mol. The summed E-state index contributed by atoms with van der Waals surface area (Å²) < 4.78 is 104. The number of nitrogens with two attached hydrogens (primary N) is 1. The van der Waals surface area contributed by atoms with Crippen molar-refractivity contribution in [3.8, 4) is 23.1 Å². The average molecular weight is 671 g/mol. The van der Waals surface area contributed by atoms with Crippen LogP contribution in [0.25, 0.3) is 22.2 Å². The van der Waals surface area contributed by atoms with Gasteiger partial charge in [-0.15, -0.1) is 0 Å². The standard InChI is InChI=1S/C30H36F6N8O3/c1-15-4-7-38-8-9-39-24-19-23(21(31)22(41-25(19)47-15)17-10-18(37)40-16(2)20(17)30(34,35)36)42-27(43-24)46-14-28(5-6-28)11-44-12-29(13-44,45-3)26(32)33/h10,15,26,38H,4-9,11-14H2,1-3H3,(H2,37,40)(H,39,42,43).